The van der Waals surface area contributed by atoms with Gasteiger partial charge in [-0.25, -0.2) is 0 Å². The van der Waals surface area contributed by atoms with Crippen molar-refractivity contribution in [1.82, 2.24) is 0 Å². The monoisotopic (exact) mass is 562 g/mol. The van der Waals surface area contributed by atoms with E-state index in [1.165, 1.54) is 38.5 Å². The summed E-state index contributed by atoms with van der Waals surface area (Å²) >= 11 is 0. The van der Waals surface area contributed by atoms with E-state index in [2.05, 4.69) is 6.92 Å². The lowest BCUT2D eigenvalue weighted by Crippen LogP contribution is -2.65. The van der Waals surface area contributed by atoms with Crippen LogP contribution >= 0.6 is 0 Å². The standard InChI is InChI=1S/C32H50O8/c1-6-7-8-9-10-11-12-13-14-15-22(34)39-30-17-20(3)31(37)21-16-19(2)25(35)32(21,38)27(36)29(18-33)26(40-29)23(31)24(30)28(30,4)5/h16,20-21,23-24,26-27,33,36-38H,6-15,17-18H2,1-5H3/t20-,21+,23?,24-,26?,27-,29+,30+,31+,32-/m1/s1. The molecule has 0 aromatic carbocycles. The average Bonchev–Trinajstić information content (AvgIpc) is 3.73. The Bertz CT molecular complexity index is 1050. The second-order valence-electron chi connectivity index (χ2n) is 14.2. The molecule has 0 aromatic rings. The van der Waals surface area contributed by atoms with Gasteiger partial charge in [0.1, 0.15) is 17.3 Å². The highest BCUT2D eigenvalue weighted by Crippen LogP contribution is 2.79. The van der Waals surface area contributed by atoms with Crippen LogP contribution in [0.15, 0.2) is 11.6 Å². The molecule has 2 unspecified atom stereocenters. The number of fused-ring (bicyclic) bond motifs is 7. The summed E-state index contributed by atoms with van der Waals surface area (Å²) in [6.07, 6.45) is 10.3. The van der Waals surface area contributed by atoms with E-state index in [1.54, 1.807) is 13.0 Å². The number of hydrogen-bond donors (Lipinski definition) is 4. The van der Waals surface area contributed by atoms with Crippen LogP contribution in [0.1, 0.15) is 105 Å². The van der Waals surface area contributed by atoms with Crippen LogP contribution in [0.25, 0.3) is 0 Å². The van der Waals surface area contributed by atoms with E-state index in [0.29, 0.717) is 12.8 Å². The molecule has 5 rings (SSSR count). The number of rotatable bonds is 12. The number of aliphatic hydroxyl groups excluding tert-OH is 2. The van der Waals surface area contributed by atoms with Crippen molar-refractivity contribution in [3.8, 4) is 0 Å². The third-order valence-electron chi connectivity index (χ3n) is 11.7. The van der Waals surface area contributed by atoms with E-state index in [4.69, 9.17) is 9.47 Å². The van der Waals surface area contributed by atoms with Crippen LogP contribution in [-0.2, 0) is 19.1 Å². The van der Waals surface area contributed by atoms with Gasteiger partial charge in [0.05, 0.1) is 18.3 Å². The van der Waals surface area contributed by atoms with Crippen LogP contribution in [0.3, 0.4) is 0 Å². The lowest BCUT2D eigenvalue weighted by molar-refractivity contribution is -0.215. The molecule has 10 atom stereocenters. The third kappa shape index (κ3) is 3.95. The Balaban J connectivity index is 1.32. The van der Waals surface area contributed by atoms with Gasteiger partial charge in [0.25, 0.3) is 0 Å². The molecule has 8 heteroatoms. The summed E-state index contributed by atoms with van der Waals surface area (Å²) < 4.78 is 12.3. The molecule has 3 saturated carbocycles. The molecule has 40 heavy (non-hydrogen) atoms. The molecule has 1 heterocycles. The maximum Gasteiger partial charge on any atom is 0.306 e. The van der Waals surface area contributed by atoms with Crippen molar-refractivity contribution in [2.24, 2.45) is 29.1 Å². The van der Waals surface area contributed by atoms with Crippen LogP contribution in [0.4, 0.5) is 0 Å². The average molecular weight is 563 g/mol. The lowest BCUT2D eigenvalue weighted by Gasteiger charge is -2.51. The predicted octanol–water partition coefficient (Wildman–Crippen LogP) is 3.61. The fraction of sp³-hybridized carbons (Fsp3) is 0.875. The van der Waals surface area contributed by atoms with Crippen LogP contribution < -0.4 is 0 Å². The molecule has 8 nitrogen and oxygen atoms in total. The minimum atomic E-state index is -2.30. The van der Waals surface area contributed by atoms with Gasteiger partial charge in [-0.05, 0) is 31.3 Å². The summed E-state index contributed by atoms with van der Waals surface area (Å²) in [5, 5.41) is 46.1. The van der Waals surface area contributed by atoms with E-state index < -0.39 is 70.2 Å². The summed E-state index contributed by atoms with van der Waals surface area (Å²) in [6.45, 7) is 9.11. The zero-order valence-electron chi connectivity index (χ0n) is 24.9. The van der Waals surface area contributed by atoms with Crippen molar-refractivity contribution in [2.75, 3.05) is 6.61 Å². The first kappa shape index (κ1) is 30.1. The molecule has 0 spiro atoms. The Morgan fingerprint density at radius 1 is 1.07 bits per heavy atom. The van der Waals surface area contributed by atoms with Gasteiger partial charge in [0.2, 0.25) is 0 Å². The first-order valence-corrected chi connectivity index (χ1v) is 15.7. The molecular formula is C32H50O8. The van der Waals surface area contributed by atoms with Gasteiger partial charge < -0.3 is 29.9 Å². The normalized spacial score (nSPS) is 45.9. The van der Waals surface area contributed by atoms with E-state index in [0.717, 1.165) is 19.3 Å². The van der Waals surface area contributed by atoms with Crippen LogP contribution in [0.2, 0.25) is 0 Å². The van der Waals surface area contributed by atoms with E-state index in [9.17, 15) is 30.0 Å². The van der Waals surface area contributed by atoms with Gasteiger partial charge in [-0.2, -0.15) is 0 Å². The summed E-state index contributed by atoms with van der Waals surface area (Å²) in [4.78, 5) is 26.4. The maximum atomic E-state index is 13.2. The van der Waals surface area contributed by atoms with Crippen molar-refractivity contribution >= 4 is 11.8 Å². The smallest absolute Gasteiger partial charge is 0.306 e. The number of esters is 1. The SMILES string of the molecule is CCCCCCCCCCCC(=O)O[C@@]12C[C@@H](C)[C@@]3(O)C(C4O[C@]4(CO)[C@@H](O)[C@]4(O)C(=O)C(C)=C[C@H]43)[C@@H]1C2(C)C. The van der Waals surface area contributed by atoms with E-state index in [1.807, 2.05) is 20.8 Å². The minimum absolute atomic E-state index is 0.238. The molecule has 4 N–H and O–H groups in total. The Hall–Kier alpha value is -1.32. The highest BCUT2D eigenvalue weighted by Gasteiger charge is 2.90. The maximum absolute atomic E-state index is 13.2. The van der Waals surface area contributed by atoms with Crippen molar-refractivity contribution in [3.63, 3.8) is 0 Å². The second kappa shape index (κ2) is 10.1. The highest BCUT2D eigenvalue weighted by molar-refractivity contribution is 6.05. The number of aliphatic hydroxyl groups is 4. The van der Waals surface area contributed by atoms with Crippen molar-refractivity contribution in [3.05, 3.63) is 11.6 Å². The number of unbranched alkanes of at least 4 members (excludes halogenated alkanes) is 8. The third-order valence-corrected chi connectivity index (χ3v) is 11.7. The number of ketones is 1. The van der Waals surface area contributed by atoms with E-state index in [-0.39, 0.29) is 17.5 Å². The topological polar surface area (TPSA) is 137 Å². The Kier molecular flexibility index (Phi) is 7.65. The summed E-state index contributed by atoms with van der Waals surface area (Å²) in [6, 6.07) is 0. The van der Waals surface area contributed by atoms with Gasteiger partial charge in [-0.1, -0.05) is 85.1 Å². The largest absolute Gasteiger partial charge is 0.458 e. The molecule has 4 fully saturated rings. The molecule has 226 valence electrons. The quantitative estimate of drug-likeness (QED) is 0.161. The fourth-order valence-electron chi connectivity index (χ4n) is 9.28. The fourth-order valence-corrected chi connectivity index (χ4v) is 9.28. The molecule has 0 radical (unpaired) electrons. The van der Waals surface area contributed by atoms with Gasteiger partial charge in [-0.15, -0.1) is 0 Å². The first-order valence-electron chi connectivity index (χ1n) is 15.7. The number of Topliss-reactive ketones (excluding diaryl/α,β-unsaturated/α-hetero) is 1. The Morgan fingerprint density at radius 2 is 1.68 bits per heavy atom. The molecule has 4 aliphatic carbocycles. The Labute approximate surface area is 238 Å². The van der Waals surface area contributed by atoms with E-state index >= 15 is 0 Å². The zero-order chi connectivity index (χ0) is 29.3. The molecule has 1 saturated heterocycles. The summed E-state index contributed by atoms with van der Waals surface area (Å²) in [7, 11) is 0. The zero-order valence-corrected chi connectivity index (χ0v) is 24.9. The van der Waals surface area contributed by atoms with Crippen LogP contribution in [0.5, 0.6) is 0 Å². The molecule has 0 aromatic heterocycles. The number of carbonyl (C=O) groups is 2. The van der Waals surface area contributed by atoms with Gasteiger partial charge in [0, 0.05) is 29.6 Å². The number of ether oxygens (including phenoxy) is 2. The number of hydrogen-bond acceptors (Lipinski definition) is 8. The molecule has 0 amide bonds. The van der Waals surface area contributed by atoms with Crippen molar-refractivity contribution in [2.45, 2.75) is 140 Å². The van der Waals surface area contributed by atoms with Crippen molar-refractivity contribution < 1.29 is 39.5 Å². The van der Waals surface area contributed by atoms with Gasteiger partial charge >= 0.3 is 5.97 Å². The minimum Gasteiger partial charge on any atom is -0.458 e. The first-order chi connectivity index (χ1) is 18.8. The molecule has 5 aliphatic rings. The molecule has 1 aliphatic heterocycles. The van der Waals surface area contributed by atoms with Crippen LogP contribution in [0, 0.1) is 29.1 Å². The summed E-state index contributed by atoms with van der Waals surface area (Å²) in [5.74, 6) is -3.39. The van der Waals surface area contributed by atoms with Crippen molar-refractivity contribution in [1.29, 1.82) is 0 Å². The highest BCUT2D eigenvalue weighted by atomic mass is 16.6. The lowest BCUT2D eigenvalue weighted by atomic mass is 9.59. The van der Waals surface area contributed by atoms with Crippen LogP contribution in [-0.4, -0.2) is 73.4 Å². The molecular weight excluding hydrogens is 512 g/mol. The second-order valence-corrected chi connectivity index (χ2v) is 14.2. The number of carbonyl (C=O) groups excluding carboxylic acids is 2. The number of epoxide rings is 1. The Morgan fingerprint density at radius 3 is 2.27 bits per heavy atom. The summed E-state index contributed by atoms with van der Waals surface area (Å²) in [5.41, 5.74) is -6.50. The van der Waals surface area contributed by atoms with Gasteiger partial charge in [0.15, 0.2) is 11.4 Å². The predicted molar refractivity (Wildman–Crippen MR) is 148 cm³/mol. The van der Waals surface area contributed by atoms with Gasteiger partial charge in [-0.3, -0.25) is 9.59 Å². The molecule has 0 bridgehead atoms.